The lowest BCUT2D eigenvalue weighted by Crippen LogP contribution is -2.51. The average molecular weight is 366 g/mol. The molecule has 2 amide bonds. The third-order valence-electron chi connectivity index (χ3n) is 3.97. The van der Waals surface area contributed by atoms with Crippen LogP contribution < -0.4 is 10.6 Å². The molecule has 0 fully saturated rings. The van der Waals surface area contributed by atoms with Gasteiger partial charge in [0.1, 0.15) is 0 Å². The van der Waals surface area contributed by atoms with E-state index in [0.29, 0.717) is 35.8 Å². The zero-order chi connectivity index (χ0) is 18.4. The van der Waals surface area contributed by atoms with Crippen LogP contribution in [0.4, 0.5) is 4.79 Å². The minimum absolute atomic E-state index is 0.287. The third kappa shape index (κ3) is 4.96. The van der Waals surface area contributed by atoms with E-state index in [-0.39, 0.29) is 18.7 Å². The lowest BCUT2D eigenvalue weighted by molar-refractivity contribution is -0.139. The number of ether oxygens (including phenoxy) is 1. The van der Waals surface area contributed by atoms with Crippen LogP contribution in [-0.4, -0.2) is 43.1 Å². The summed E-state index contributed by atoms with van der Waals surface area (Å²) in [4.78, 5) is 26.3. The SMILES string of the molecule is CCOC(=O)C1=C(CN(C)Cc2ccccc2Cl)NC(=O)N[C@@H]1CC. The van der Waals surface area contributed by atoms with E-state index < -0.39 is 5.97 Å². The molecule has 1 heterocycles. The highest BCUT2D eigenvalue weighted by Crippen LogP contribution is 2.20. The first-order chi connectivity index (χ1) is 12.0. The van der Waals surface area contributed by atoms with Crippen LogP contribution in [0.5, 0.6) is 0 Å². The summed E-state index contributed by atoms with van der Waals surface area (Å²) < 4.78 is 5.17. The first-order valence-electron chi connectivity index (χ1n) is 8.35. The quantitative estimate of drug-likeness (QED) is 0.729. The molecule has 0 spiro atoms. The lowest BCUT2D eigenvalue weighted by Gasteiger charge is -2.30. The van der Waals surface area contributed by atoms with E-state index in [2.05, 4.69) is 10.6 Å². The molecule has 7 heteroatoms. The summed E-state index contributed by atoms with van der Waals surface area (Å²) in [6.07, 6.45) is 0.610. The highest BCUT2D eigenvalue weighted by atomic mass is 35.5. The number of nitrogens with zero attached hydrogens (tertiary/aromatic N) is 1. The predicted octanol–water partition coefficient (Wildman–Crippen LogP) is 2.68. The fraction of sp³-hybridized carbons (Fsp3) is 0.444. The van der Waals surface area contributed by atoms with E-state index in [1.54, 1.807) is 6.92 Å². The predicted molar refractivity (Wildman–Crippen MR) is 97.2 cm³/mol. The molecule has 0 radical (unpaired) electrons. The molecule has 136 valence electrons. The van der Waals surface area contributed by atoms with Crippen LogP contribution in [0.3, 0.4) is 0 Å². The highest BCUT2D eigenvalue weighted by molar-refractivity contribution is 6.31. The third-order valence-corrected chi connectivity index (χ3v) is 4.34. The van der Waals surface area contributed by atoms with Gasteiger partial charge in [0.15, 0.2) is 0 Å². The van der Waals surface area contributed by atoms with E-state index in [4.69, 9.17) is 16.3 Å². The average Bonchev–Trinajstić information content (AvgIpc) is 2.56. The molecule has 1 aromatic carbocycles. The van der Waals surface area contributed by atoms with Crippen LogP contribution in [0.2, 0.25) is 5.02 Å². The summed E-state index contributed by atoms with van der Waals surface area (Å²) in [5, 5.41) is 6.21. The van der Waals surface area contributed by atoms with Crippen LogP contribution in [0.1, 0.15) is 25.8 Å². The van der Waals surface area contributed by atoms with Gasteiger partial charge < -0.3 is 15.4 Å². The molecule has 2 N–H and O–H groups in total. The maximum atomic E-state index is 12.4. The molecule has 1 aromatic rings. The van der Waals surface area contributed by atoms with Crippen LogP contribution in [0.15, 0.2) is 35.5 Å². The smallest absolute Gasteiger partial charge is 0.337 e. The van der Waals surface area contributed by atoms with Gasteiger partial charge in [-0.05, 0) is 32.0 Å². The van der Waals surface area contributed by atoms with Gasteiger partial charge >= 0.3 is 12.0 Å². The molecule has 0 saturated carbocycles. The Hall–Kier alpha value is -2.05. The van der Waals surface area contributed by atoms with E-state index in [1.165, 1.54) is 0 Å². The zero-order valence-electron chi connectivity index (χ0n) is 14.8. The molecular weight excluding hydrogens is 342 g/mol. The topological polar surface area (TPSA) is 70.7 Å². The Bertz CT molecular complexity index is 675. The van der Waals surface area contributed by atoms with Crippen molar-refractivity contribution in [3.8, 4) is 0 Å². The van der Waals surface area contributed by atoms with Gasteiger partial charge in [0.05, 0.1) is 18.2 Å². The number of hydrogen-bond donors (Lipinski definition) is 2. The van der Waals surface area contributed by atoms with Gasteiger partial charge in [-0.15, -0.1) is 0 Å². The second-order valence-corrected chi connectivity index (χ2v) is 6.34. The second kappa shape index (κ2) is 8.87. The fourth-order valence-corrected chi connectivity index (χ4v) is 3.03. The Morgan fingerprint density at radius 2 is 2.00 bits per heavy atom. The minimum Gasteiger partial charge on any atom is -0.463 e. The van der Waals surface area contributed by atoms with Crippen LogP contribution in [0.25, 0.3) is 0 Å². The van der Waals surface area contributed by atoms with Crippen molar-refractivity contribution in [1.29, 1.82) is 0 Å². The minimum atomic E-state index is -0.400. The molecule has 0 aliphatic carbocycles. The van der Waals surface area contributed by atoms with Gasteiger partial charge in [0, 0.05) is 23.8 Å². The van der Waals surface area contributed by atoms with Gasteiger partial charge in [-0.25, -0.2) is 9.59 Å². The molecule has 1 aliphatic rings. The number of carbonyl (C=O) groups excluding carboxylic acids is 2. The van der Waals surface area contributed by atoms with E-state index in [1.807, 2.05) is 43.1 Å². The number of esters is 1. The molecule has 6 nitrogen and oxygen atoms in total. The normalized spacial score (nSPS) is 17.3. The monoisotopic (exact) mass is 365 g/mol. The molecule has 25 heavy (non-hydrogen) atoms. The lowest BCUT2D eigenvalue weighted by atomic mass is 10.00. The number of likely N-dealkylation sites (N-methyl/N-ethyl adjacent to an activating group) is 1. The summed E-state index contributed by atoms with van der Waals surface area (Å²) >= 11 is 6.21. The first-order valence-corrected chi connectivity index (χ1v) is 8.73. The second-order valence-electron chi connectivity index (χ2n) is 5.94. The number of carbonyl (C=O) groups is 2. The summed E-state index contributed by atoms with van der Waals surface area (Å²) in [7, 11) is 1.91. The van der Waals surface area contributed by atoms with Crippen molar-refractivity contribution in [2.45, 2.75) is 32.9 Å². The summed E-state index contributed by atoms with van der Waals surface area (Å²) in [5.74, 6) is -0.400. The highest BCUT2D eigenvalue weighted by Gasteiger charge is 2.31. The Labute approximate surface area is 153 Å². The van der Waals surface area contributed by atoms with Gasteiger partial charge in [-0.2, -0.15) is 0 Å². The number of amides is 2. The summed E-state index contributed by atoms with van der Waals surface area (Å²) in [6, 6.07) is 6.95. The Morgan fingerprint density at radius 3 is 2.64 bits per heavy atom. The van der Waals surface area contributed by atoms with E-state index >= 15 is 0 Å². The number of benzene rings is 1. The molecule has 0 aromatic heterocycles. The van der Waals surface area contributed by atoms with Crippen molar-refractivity contribution >= 4 is 23.6 Å². The van der Waals surface area contributed by atoms with Gasteiger partial charge in [-0.3, -0.25) is 4.90 Å². The number of nitrogens with one attached hydrogen (secondary N) is 2. The zero-order valence-corrected chi connectivity index (χ0v) is 15.5. The van der Waals surface area contributed by atoms with Gasteiger partial charge in [0.2, 0.25) is 0 Å². The van der Waals surface area contributed by atoms with E-state index in [9.17, 15) is 9.59 Å². The largest absolute Gasteiger partial charge is 0.463 e. The maximum Gasteiger partial charge on any atom is 0.337 e. The van der Waals surface area contributed by atoms with Crippen molar-refractivity contribution in [3.05, 3.63) is 46.1 Å². The molecule has 0 unspecified atom stereocenters. The van der Waals surface area contributed by atoms with Crippen molar-refractivity contribution in [3.63, 3.8) is 0 Å². The van der Waals surface area contributed by atoms with Crippen molar-refractivity contribution in [1.82, 2.24) is 15.5 Å². The molecule has 2 rings (SSSR count). The van der Waals surface area contributed by atoms with E-state index in [0.717, 1.165) is 5.56 Å². The first kappa shape index (κ1) is 19.3. The summed E-state index contributed by atoms with van der Waals surface area (Å²) in [5.41, 5.74) is 2.04. The maximum absolute atomic E-state index is 12.4. The van der Waals surface area contributed by atoms with Crippen molar-refractivity contribution in [2.75, 3.05) is 20.2 Å². The molecule has 1 atom stereocenters. The van der Waals surface area contributed by atoms with Crippen LogP contribution in [-0.2, 0) is 16.1 Å². The van der Waals surface area contributed by atoms with Gasteiger partial charge in [0.25, 0.3) is 0 Å². The van der Waals surface area contributed by atoms with Crippen LogP contribution >= 0.6 is 11.6 Å². The molecule has 0 saturated heterocycles. The van der Waals surface area contributed by atoms with Crippen LogP contribution in [0, 0.1) is 0 Å². The summed E-state index contributed by atoms with van der Waals surface area (Å²) in [6.45, 7) is 4.97. The standard InChI is InChI=1S/C18H24ClN3O3/c1-4-14-16(17(23)25-5-2)15(21-18(24)20-14)11-22(3)10-12-8-6-7-9-13(12)19/h6-9,14H,4-5,10-11H2,1-3H3,(H2,20,21,24)/t14-/m1/s1. The molecule has 1 aliphatic heterocycles. The van der Waals surface area contributed by atoms with Crippen molar-refractivity contribution in [2.24, 2.45) is 0 Å². The fourth-order valence-electron chi connectivity index (χ4n) is 2.83. The number of rotatable bonds is 7. The van der Waals surface area contributed by atoms with Gasteiger partial charge in [-0.1, -0.05) is 36.7 Å². The number of urea groups is 1. The van der Waals surface area contributed by atoms with Crippen molar-refractivity contribution < 1.29 is 14.3 Å². The Kier molecular flexibility index (Phi) is 6.84. The molecule has 0 bridgehead atoms. The Balaban J connectivity index is 2.23. The number of halogens is 1. The molecular formula is C18H24ClN3O3. The number of hydrogen-bond acceptors (Lipinski definition) is 4. The Morgan fingerprint density at radius 1 is 1.28 bits per heavy atom.